The molecular weight excluding hydrogens is 140 g/mol. The molecule has 0 heterocycles. The molecule has 0 spiro atoms. The average molecular weight is 146 g/mol. The van der Waals surface area contributed by atoms with Crippen molar-refractivity contribution >= 4 is 6.29 Å². The fourth-order valence-electron chi connectivity index (χ4n) is 0.354. The third-order valence-corrected chi connectivity index (χ3v) is 0.940. The molecule has 0 saturated carbocycles. The second-order valence-corrected chi connectivity index (χ2v) is 1.83. The van der Waals surface area contributed by atoms with Crippen LogP contribution >= 0.6 is 0 Å². The van der Waals surface area contributed by atoms with E-state index in [1.54, 1.807) is 19.1 Å². The second-order valence-electron chi connectivity index (χ2n) is 1.83. The predicted molar refractivity (Wildman–Crippen MR) is 39.1 cm³/mol. The number of rotatable bonds is 2. The third kappa shape index (κ3) is 3.66. The highest BCUT2D eigenvalue weighted by Gasteiger charge is 1.87. The molecule has 0 unspecified atom stereocenters. The highest BCUT2D eigenvalue weighted by atomic mass is 16.1. The fourth-order valence-corrected chi connectivity index (χ4v) is 0.354. The molecule has 0 aliphatic rings. The largest absolute Gasteiger partial charge is 0.298 e. The normalized spacial score (nSPS) is 9.18. The highest BCUT2D eigenvalue weighted by molar-refractivity contribution is 5.72. The molecule has 0 saturated heterocycles. The fraction of sp³-hybridized carbons (Fsp3) is 0.125. The van der Waals surface area contributed by atoms with Crippen molar-refractivity contribution in [2.45, 2.75) is 6.92 Å². The molecule has 3 nitrogen and oxygen atoms in total. The van der Waals surface area contributed by atoms with Crippen LogP contribution in [0.5, 0.6) is 0 Å². The van der Waals surface area contributed by atoms with Gasteiger partial charge in [0.2, 0.25) is 0 Å². The SMILES string of the molecule is CC(C=O)=CC=C(C#N)C#N. The maximum absolute atomic E-state index is 10.0. The molecule has 11 heavy (non-hydrogen) atoms. The van der Waals surface area contributed by atoms with Crippen LogP contribution in [0.4, 0.5) is 0 Å². The van der Waals surface area contributed by atoms with Crippen molar-refractivity contribution in [2.24, 2.45) is 0 Å². The highest BCUT2D eigenvalue weighted by Crippen LogP contribution is 1.93. The van der Waals surface area contributed by atoms with Crippen molar-refractivity contribution in [2.75, 3.05) is 0 Å². The smallest absolute Gasteiger partial charge is 0.145 e. The number of carbonyl (C=O) groups excluding carboxylic acids is 1. The zero-order valence-corrected chi connectivity index (χ0v) is 6.03. The lowest BCUT2D eigenvalue weighted by Crippen LogP contribution is -1.75. The lowest BCUT2D eigenvalue weighted by Gasteiger charge is -1.80. The van der Waals surface area contributed by atoms with Gasteiger partial charge in [-0.2, -0.15) is 10.5 Å². The Bertz CT molecular complexity index is 270. The van der Waals surface area contributed by atoms with E-state index in [1.807, 2.05) is 0 Å². The van der Waals surface area contributed by atoms with Gasteiger partial charge in [-0.05, 0) is 18.6 Å². The van der Waals surface area contributed by atoms with E-state index in [0.717, 1.165) is 0 Å². The van der Waals surface area contributed by atoms with Gasteiger partial charge < -0.3 is 0 Å². The average Bonchev–Trinajstić information content (AvgIpc) is 2.06. The Morgan fingerprint density at radius 3 is 2.18 bits per heavy atom. The molecular formula is C8H6N2O. The Hall–Kier alpha value is -1.87. The van der Waals surface area contributed by atoms with Crippen LogP contribution in [0.15, 0.2) is 23.3 Å². The van der Waals surface area contributed by atoms with Crippen molar-refractivity contribution in [3.8, 4) is 12.1 Å². The Balaban J connectivity index is 4.49. The topological polar surface area (TPSA) is 64.7 Å². The van der Waals surface area contributed by atoms with Crippen molar-refractivity contribution in [1.82, 2.24) is 0 Å². The lowest BCUT2D eigenvalue weighted by molar-refractivity contribution is -0.104. The predicted octanol–water partition coefficient (Wildman–Crippen LogP) is 1.11. The van der Waals surface area contributed by atoms with Gasteiger partial charge in [0, 0.05) is 0 Å². The Morgan fingerprint density at radius 2 is 1.82 bits per heavy atom. The molecule has 0 atom stereocenters. The minimum absolute atomic E-state index is 0.00815. The number of hydrogen-bond acceptors (Lipinski definition) is 3. The number of allylic oxidation sites excluding steroid dienone is 4. The zero-order valence-electron chi connectivity index (χ0n) is 6.03. The molecule has 0 aliphatic carbocycles. The van der Waals surface area contributed by atoms with E-state index < -0.39 is 0 Å². The molecule has 0 amide bonds. The number of nitrogens with zero attached hydrogens (tertiary/aromatic N) is 2. The van der Waals surface area contributed by atoms with Crippen LogP contribution in [-0.2, 0) is 4.79 Å². The monoisotopic (exact) mass is 146 g/mol. The van der Waals surface area contributed by atoms with Gasteiger partial charge in [-0.25, -0.2) is 0 Å². The maximum Gasteiger partial charge on any atom is 0.145 e. The number of carbonyl (C=O) groups is 1. The van der Waals surface area contributed by atoms with Gasteiger partial charge in [-0.15, -0.1) is 0 Å². The van der Waals surface area contributed by atoms with E-state index in [9.17, 15) is 4.79 Å². The van der Waals surface area contributed by atoms with Crippen LogP contribution in [0.3, 0.4) is 0 Å². The van der Waals surface area contributed by atoms with Gasteiger partial charge in [0.25, 0.3) is 0 Å². The van der Waals surface area contributed by atoms with Gasteiger partial charge in [0.05, 0.1) is 0 Å². The Morgan fingerprint density at radius 1 is 1.27 bits per heavy atom. The first-order valence-electron chi connectivity index (χ1n) is 2.88. The first-order valence-corrected chi connectivity index (χ1v) is 2.88. The first kappa shape index (κ1) is 9.13. The van der Waals surface area contributed by atoms with E-state index in [-0.39, 0.29) is 5.57 Å². The molecule has 0 aromatic rings. The summed E-state index contributed by atoms with van der Waals surface area (Å²) in [6, 6.07) is 3.34. The maximum atomic E-state index is 10.0. The van der Waals surface area contributed by atoms with E-state index in [2.05, 4.69) is 0 Å². The molecule has 0 fully saturated rings. The van der Waals surface area contributed by atoms with Crippen molar-refractivity contribution < 1.29 is 4.79 Å². The van der Waals surface area contributed by atoms with E-state index in [1.165, 1.54) is 12.2 Å². The first-order chi connectivity index (χ1) is 5.24. The Kier molecular flexibility index (Phi) is 4.12. The number of aldehydes is 1. The molecule has 0 radical (unpaired) electrons. The van der Waals surface area contributed by atoms with E-state index >= 15 is 0 Å². The van der Waals surface area contributed by atoms with Crippen LogP contribution in [0, 0.1) is 22.7 Å². The summed E-state index contributed by atoms with van der Waals surface area (Å²) in [7, 11) is 0. The van der Waals surface area contributed by atoms with Crippen LogP contribution in [0.2, 0.25) is 0 Å². The number of hydrogen-bond donors (Lipinski definition) is 0. The van der Waals surface area contributed by atoms with Crippen LogP contribution in [0.25, 0.3) is 0 Å². The number of nitriles is 2. The summed E-state index contributed by atoms with van der Waals surface area (Å²) in [6.07, 6.45) is 3.39. The molecule has 0 rings (SSSR count). The quantitative estimate of drug-likeness (QED) is 0.253. The minimum atomic E-state index is -0.00815. The molecule has 0 aliphatic heterocycles. The van der Waals surface area contributed by atoms with Crippen LogP contribution in [-0.4, -0.2) is 6.29 Å². The molecule has 0 aromatic carbocycles. The molecule has 54 valence electrons. The van der Waals surface area contributed by atoms with Gasteiger partial charge in [0.1, 0.15) is 24.0 Å². The summed E-state index contributed by atoms with van der Waals surface area (Å²) >= 11 is 0. The summed E-state index contributed by atoms with van der Waals surface area (Å²) in [4.78, 5) is 10.0. The van der Waals surface area contributed by atoms with Crippen LogP contribution in [0.1, 0.15) is 6.92 Å². The Labute approximate surface area is 64.9 Å². The zero-order chi connectivity index (χ0) is 8.69. The molecule has 0 aromatic heterocycles. The minimum Gasteiger partial charge on any atom is -0.298 e. The van der Waals surface area contributed by atoms with Gasteiger partial charge in [0.15, 0.2) is 0 Å². The summed E-state index contributed by atoms with van der Waals surface area (Å²) in [6.45, 7) is 1.59. The molecule has 0 bridgehead atoms. The summed E-state index contributed by atoms with van der Waals surface area (Å²) in [5, 5.41) is 16.5. The van der Waals surface area contributed by atoms with Crippen molar-refractivity contribution in [3.05, 3.63) is 23.3 Å². The van der Waals surface area contributed by atoms with Crippen LogP contribution < -0.4 is 0 Å². The standard InChI is InChI=1S/C8H6N2O/c1-7(6-11)2-3-8(4-9)5-10/h2-3,6H,1H3. The summed E-state index contributed by atoms with van der Waals surface area (Å²) in [5.74, 6) is 0. The summed E-state index contributed by atoms with van der Waals surface area (Å²) < 4.78 is 0. The van der Waals surface area contributed by atoms with Crippen molar-refractivity contribution in [1.29, 1.82) is 10.5 Å². The third-order valence-electron chi connectivity index (χ3n) is 0.940. The lowest BCUT2D eigenvalue weighted by atomic mass is 10.2. The van der Waals surface area contributed by atoms with Gasteiger partial charge >= 0.3 is 0 Å². The molecule has 0 N–H and O–H groups in total. The van der Waals surface area contributed by atoms with Gasteiger partial charge in [-0.3, -0.25) is 4.79 Å². The van der Waals surface area contributed by atoms with E-state index in [4.69, 9.17) is 10.5 Å². The molecule has 3 heteroatoms. The van der Waals surface area contributed by atoms with Gasteiger partial charge in [-0.1, -0.05) is 6.08 Å². The summed E-state index contributed by atoms with van der Waals surface area (Å²) in [5.41, 5.74) is 0.471. The van der Waals surface area contributed by atoms with Crippen molar-refractivity contribution in [3.63, 3.8) is 0 Å². The van der Waals surface area contributed by atoms with E-state index in [0.29, 0.717) is 11.9 Å². The second kappa shape index (κ2) is 4.96.